The summed E-state index contributed by atoms with van der Waals surface area (Å²) in [6.07, 6.45) is 0. The molecule has 6 aromatic carbocycles. The zero-order valence-electron chi connectivity index (χ0n) is 28.9. The van der Waals surface area contributed by atoms with Gasteiger partial charge in [0.1, 0.15) is 0 Å². The van der Waals surface area contributed by atoms with Crippen molar-refractivity contribution in [1.82, 2.24) is 0 Å². The largest absolute Gasteiger partial charge is 0.310 e. The van der Waals surface area contributed by atoms with Crippen molar-refractivity contribution in [3.8, 4) is 33.4 Å². The maximum atomic E-state index is 2.54. The average molecular weight is 610 g/mol. The molecule has 0 spiro atoms. The lowest BCUT2D eigenvalue weighted by atomic mass is 9.82. The minimum Gasteiger partial charge on any atom is -0.310 e. The molecule has 0 aromatic heterocycles. The van der Waals surface area contributed by atoms with Gasteiger partial charge >= 0.3 is 0 Å². The van der Waals surface area contributed by atoms with Crippen LogP contribution in [0.3, 0.4) is 0 Å². The second kappa shape index (κ2) is 10.3. The van der Waals surface area contributed by atoms with Gasteiger partial charge in [-0.3, -0.25) is 0 Å². The predicted molar refractivity (Wildman–Crippen MR) is 201 cm³/mol. The lowest BCUT2D eigenvalue weighted by molar-refractivity contribution is 0.660. The minimum atomic E-state index is -0.0894. The Kier molecular flexibility index (Phi) is 6.48. The van der Waals surface area contributed by atoms with E-state index in [1.54, 1.807) is 0 Å². The lowest BCUT2D eigenvalue weighted by Gasteiger charge is -2.32. The second-order valence-electron chi connectivity index (χ2n) is 14.9. The molecule has 0 unspecified atom stereocenters. The zero-order valence-corrected chi connectivity index (χ0v) is 28.9. The van der Waals surface area contributed by atoms with E-state index in [1.165, 1.54) is 95.0 Å². The van der Waals surface area contributed by atoms with Crippen LogP contribution in [-0.4, -0.2) is 0 Å². The average Bonchev–Trinajstić information content (AvgIpc) is 3.41. The molecule has 8 rings (SSSR count). The molecule has 0 heterocycles. The number of nitrogens with zero attached hydrogens (tertiary/aromatic N) is 1. The van der Waals surface area contributed by atoms with Crippen molar-refractivity contribution in [3.05, 3.63) is 160 Å². The Morgan fingerprint density at radius 3 is 1.38 bits per heavy atom. The number of hydrogen-bond donors (Lipinski definition) is 0. The number of aryl methyl sites for hydroxylation is 4. The summed E-state index contributed by atoms with van der Waals surface area (Å²) in [5.74, 6) is 0. The molecular formula is C46H43N. The molecule has 0 N–H and O–H groups in total. The third-order valence-corrected chi connectivity index (χ3v) is 11.0. The number of anilines is 3. The van der Waals surface area contributed by atoms with Gasteiger partial charge in [-0.25, -0.2) is 0 Å². The summed E-state index contributed by atoms with van der Waals surface area (Å²) in [4.78, 5) is 2.54. The van der Waals surface area contributed by atoms with Crippen LogP contribution in [-0.2, 0) is 10.8 Å². The number of hydrogen-bond acceptors (Lipinski definition) is 1. The molecule has 232 valence electrons. The van der Waals surface area contributed by atoms with Gasteiger partial charge in [-0.05, 0) is 119 Å². The Bertz CT molecular complexity index is 2140. The van der Waals surface area contributed by atoms with E-state index in [1.807, 2.05) is 0 Å². The number of benzene rings is 6. The SMILES string of the molecule is Cc1ccc(-c2cc(C)cc(C)c2N(c2ccc3c(c2)C(C)(C)c2ccccc2-3)c2ccc3c(c2)C(C)(C)c2ccccc2-3)c(C)c1. The first-order valence-corrected chi connectivity index (χ1v) is 16.9. The van der Waals surface area contributed by atoms with Crippen LogP contribution in [0.5, 0.6) is 0 Å². The highest BCUT2D eigenvalue weighted by atomic mass is 15.1. The maximum absolute atomic E-state index is 2.54. The van der Waals surface area contributed by atoms with Gasteiger partial charge in [-0.15, -0.1) is 0 Å². The Labute approximate surface area is 280 Å². The van der Waals surface area contributed by atoms with Gasteiger partial charge in [0.05, 0.1) is 5.69 Å². The van der Waals surface area contributed by atoms with Crippen molar-refractivity contribution >= 4 is 17.1 Å². The normalized spacial score (nSPS) is 14.7. The summed E-state index contributed by atoms with van der Waals surface area (Å²) >= 11 is 0. The summed E-state index contributed by atoms with van der Waals surface area (Å²) in [7, 11) is 0. The Morgan fingerprint density at radius 2 is 0.851 bits per heavy atom. The molecular weight excluding hydrogens is 567 g/mol. The van der Waals surface area contributed by atoms with E-state index in [2.05, 4.69) is 176 Å². The molecule has 0 aliphatic heterocycles. The summed E-state index contributed by atoms with van der Waals surface area (Å²) in [5.41, 5.74) is 22.1. The van der Waals surface area contributed by atoms with Crippen molar-refractivity contribution in [2.45, 2.75) is 66.2 Å². The standard InChI is InChI=1S/C46H43N/c1-28-17-20-34(30(3)23-28)39-25-29(2)24-31(4)44(39)47(32-18-21-37-35-13-9-11-15-40(35)45(5,6)42(37)26-32)33-19-22-38-36-14-10-12-16-41(36)46(7,8)43(38)27-33/h9-27H,1-8H3. The van der Waals surface area contributed by atoms with E-state index in [9.17, 15) is 0 Å². The zero-order chi connectivity index (χ0) is 32.8. The van der Waals surface area contributed by atoms with Crippen molar-refractivity contribution in [2.24, 2.45) is 0 Å². The fourth-order valence-corrected chi connectivity index (χ4v) is 8.65. The highest BCUT2D eigenvalue weighted by molar-refractivity contribution is 5.94. The van der Waals surface area contributed by atoms with Crippen LogP contribution in [0.1, 0.15) is 72.2 Å². The third kappa shape index (κ3) is 4.36. The van der Waals surface area contributed by atoms with E-state index in [4.69, 9.17) is 0 Å². The molecule has 2 aliphatic rings. The van der Waals surface area contributed by atoms with Gasteiger partial charge in [-0.1, -0.05) is 124 Å². The molecule has 2 aliphatic carbocycles. The fraction of sp³-hybridized carbons (Fsp3) is 0.217. The molecule has 0 amide bonds. The first-order chi connectivity index (χ1) is 22.5. The van der Waals surface area contributed by atoms with Crippen LogP contribution in [0.15, 0.2) is 115 Å². The van der Waals surface area contributed by atoms with Crippen molar-refractivity contribution in [1.29, 1.82) is 0 Å². The van der Waals surface area contributed by atoms with Crippen LogP contribution in [0.25, 0.3) is 33.4 Å². The Balaban J connectivity index is 1.41. The lowest BCUT2D eigenvalue weighted by Crippen LogP contribution is -2.19. The highest BCUT2D eigenvalue weighted by Gasteiger charge is 2.38. The molecule has 0 saturated heterocycles. The number of rotatable bonds is 4. The summed E-state index contributed by atoms with van der Waals surface area (Å²) < 4.78 is 0. The maximum Gasteiger partial charge on any atom is 0.0569 e. The Hall–Kier alpha value is -4.88. The monoisotopic (exact) mass is 609 g/mol. The van der Waals surface area contributed by atoms with Gasteiger partial charge in [-0.2, -0.15) is 0 Å². The molecule has 0 bridgehead atoms. The van der Waals surface area contributed by atoms with Crippen molar-refractivity contribution in [2.75, 3.05) is 4.90 Å². The van der Waals surface area contributed by atoms with Crippen LogP contribution in [0.2, 0.25) is 0 Å². The quantitative estimate of drug-likeness (QED) is 0.192. The summed E-state index contributed by atoms with van der Waals surface area (Å²) in [6.45, 7) is 18.4. The van der Waals surface area contributed by atoms with Gasteiger partial charge in [0, 0.05) is 27.8 Å². The molecule has 0 saturated carbocycles. The molecule has 6 aromatic rings. The van der Waals surface area contributed by atoms with Crippen LogP contribution in [0.4, 0.5) is 17.1 Å². The van der Waals surface area contributed by atoms with Crippen molar-refractivity contribution < 1.29 is 0 Å². The number of fused-ring (bicyclic) bond motifs is 6. The highest BCUT2D eigenvalue weighted by Crippen LogP contribution is 2.54. The molecule has 1 heteroatoms. The van der Waals surface area contributed by atoms with E-state index in [0.29, 0.717) is 0 Å². The fourth-order valence-electron chi connectivity index (χ4n) is 8.65. The molecule has 0 fully saturated rings. The molecule has 1 nitrogen and oxygen atoms in total. The summed E-state index contributed by atoms with van der Waals surface area (Å²) in [6, 6.07) is 43.8. The molecule has 0 radical (unpaired) electrons. The first-order valence-electron chi connectivity index (χ1n) is 16.9. The molecule has 0 atom stereocenters. The summed E-state index contributed by atoms with van der Waals surface area (Å²) in [5, 5.41) is 0. The van der Waals surface area contributed by atoms with E-state index in [-0.39, 0.29) is 10.8 Å². The van der Waals surface area contributed by atoms with E-state index in [0.717, 1.165) is 0 Å². The molecule has 47 heavy (non-hydrogen) atoms. The van der Waals surface area contributed by atoms with Gasteiger partial charge in [0.25, 0.3) is 0 Å². The van der Waals surface area contributed by atoms with Crippen LogP contribution < -0.4 is 4.90 Å². The van der Waals surface area contributed by atoms with Gasteiger partial charge < -0.3 is 4.90 Å². The van der Waals surface area contributed by atoms with E-state index < -0.39 is 0 Å². The predicted octanol–water partition coefficient (Wildman–Crippen LogP) is 12.7. The minimum absolute atomic E-state index is 0.0894. The second-order valence-corrected chi connectivity index (χ2v) is 14.9. The van der Waals surface area contributed by atoms with E-state index >= 15 is 0 Å². The van der Waals surface area contributed by atoms with Gasteiger partial charge in [0.2, 0.25) is 0 Å². The van der Waals surface area contributed by atoms with Crippen LogP contribution in [0, 0.1) is 27.7 Å². The third-order valence-electron chi connectivity index (χ3n) is 11.0. The van der Waals surface area contributed by atoms with Crippen molar-refractivity contribution in [3.63, 3.8) is 0 Å². The smallest absolute Gasteiger partial charge is 0.0569 e. The van der Waals surface area contributed by atoms with Gasteiger partial charge in [0.15, 0.2) is 0 Å². The Morgan fingerprint density at radius 1 is 0.383 bits per heavy atom. The first kappa shape index (κ1) is 29.5. The van der Waals surface area contributed by atoms with Crippen LogP contribution >= 0.6 is 0 Å². The topological polar surface area (TPSA) is 3.24 Å².